The first-order valence-electron chi connectivity index (χ1n) is 4.66. The number of benzene rings is 1. The number of hydrogen-bond donors (Lipinski definition) is 0. The molecular formula is C12H8BrClOS. The van der Waals surface area contributed by atoms with E-state index in [2.05, 4.69) is 15.9 Å². The van der Waals surface area contributed by atoms with E-state index in [-0.39, 0.29) is 5.78 Å². The highest BCUT2D eigenvalue weighted by Gasteiger charge is 2.22. The molecule has 0 fully saturated rings. The fraction of sp³-hybridized carbons (Fsp3) is 0.0833. The summed E-state index contributed by atoms with van der Waals surface area (Å²) in [4.78, 5) is 12.7. The predicted molar refractivity (Wildman–Crippen MR) is 71.4 cm³/mol. The van der Waals surface area contributed by atoms with Crippen LogP contribution in [0.15, 0.2) is 46.3 Å². The maximum atomic E-state index is 12.1. The number of hydrogen-bond acceptors (Lipinski definition) is 2. The third kappa shape index (κ3) is 2.37. The van der Waals surface area contributed by atoms with Gasteiger partial charge in [-0.2, -0.15) is 0 Å². The number of thiophene rings is 1. The molecule has 2 aromatic rings. The Bertz CT molecular complexity index is 495. The topological polar surface area (TPSA) is 17.1 Å². The van der Waals surface area contributed by atoms with Crippen LogP contribution in [0.1, 0.15) is 20.6 Å². The molecule has 2 rings (SSSR count). The van der Waals surface area contributed by atoms with Crippen molar-refractivity contribution in [2.24, 2.45) is 0 Å². The van der Waals surface area contributed by atoms with Crippen LogP contribution in [0.5, 0.6) is 0 Å². The monoisotopic (exact) mass is 314 g/mol. The molecule has 0 amide bonds. The van der Waals surface area contributed by atoms with Crippen molar-refractivity contribution in [3.05, 3.63) is 56.7 Å². The van der Waals surface area contributed by atoms with Crippen LogP contribution in [0.25, 0.3) is 0 Å². The fourth-order valence-electron chi connectivity index (χ4n) is 1.36. The van der Waals surface area contributed by atoms with Crippen LogP contribution in [0, 0.1) is 0 Å². The van der Waals surface area contributed by atoms with Gasteiger partial charge < -0.3 is 0 Å². The highest BCUT2D eigenvalue weighted by molar-refractivity contribution is 9.10. The molecule has 0 aliphatic carbocycles. The zero-order valence-corrected chi connectivity index (χ0v) is 11.3. The lowest BCUT2D eigenvalue weighted by molar-refractivity contribution is 0.0990. The van der Waals surface area contributed by atoms with E-state index in [9.17, 15) is 4.79 Å². The molecule has 4 heteroatoms. The first-order valence-corrected chi connectivity index (χ1v) is 6.77. The van der Waals surface area contributed by atoms with E-state index < -0.39 is 5.38 Å². The van der Waals surface area contributed by atoms with Gasteiger partial charge in [0.05, 0.1) is 4.88 Å². The molecular weight excluding hydrogens is 308 g/mol. The summed E-state index contributed by atoms with van der Waals surface area (Å²) in [5.74, 6) is -0.0604. The molecule has 0 aliphatic heterocycles. The maximum absolute atomic E-state index is 12.1. The van der Waals surface area contributed by atoms with Gasteiger partial charge >= 0.3 is 0 Å². The van der Waals surface area contributed by atoms with E-state index >= 15 is 0 Å². The van der Waals surface area contributed by atoms with Gasteiger partial charge in [-0.25, -0.2) is 0 Å². The van der Waals surface area contributed by atoms with Gasteiger partial charge in [-0.1, -0.05) is 30.3 Å². The van der Waals surface area contributed by atoms with Crippen molar-refractivity contribution in [2.45, 2.75) is 5.38 Å². The molecule has 0 N–H and O–H groups in total. The average Bonchev–Trinajstić information content (AvgIpc) is 2.75. The SMILES string of the molecule is O=C(c1sccc1Br)C(Cl)c1ccccc1. The first kappa shape index (κ1) is 11.8. The Hall–Kier alpha value is -0.640. The maximum Gasteiger partial charge on any atom is 0.196 e. The summed E-state index contributed by atoms with van der Waals surface area (Å²) in [7, 11) is 0. The molecule has 0 saturated carbocycles. The van der Waals surface area contributed by atoms with Gasteiger partial charge in [0, 0.05) is 4.47 Å². The van der Waals surface area contributed by atoms with Gasteiger partial charge in [0.15, 0.2) is 5.78 Å². The molecule has 0 aliphatic rings. The molecule has 1 aromatic carbocycles. The second-order valence-electron chi connectivity index (χ2n) is 3.24. The number of Topliss-reactive ketones (excluding diaryl/α,β-unsaturated/α-hetero) is 1. The van der Waals surface area contributed by atoms with E-state index in [1.54, 1.807) is 0 Å². The minimum Gasteiger partial charge on any atom is -0.291 e. The Morgan fingerprint density at radius 1 is 1.25 bits per heavy atom. The number of alkyl halides is 1. The summed E-state index contributed by atoms with van der Waals surface area (Å²) in [6, 6.07) is 11.2. The minimum atomic E-state index is -0.615. The van der Waals surface area contributed by atoms with E-state index in [0.29, 0.717) is 4.88 Å². The number of carbonyl (C=O) groups excluding carboxylic acids is 1. The Morgan fingerprint density at radius 3 is 2.50 bits per heavy atom. The Labute approximate surface area is 111 Å². The van der Waals surface area contributed by atoms with Gasteiger partial charge in [-0.05, 0) is 32.9 Å². The second kappa shape index (κ2) is 5.13. The Kier molecular flexibility index (Phi) is 3.79. The molecule has 1 nitrogen and oxygen atoms in total. The molecule has 0 saturated heterocycles. The molecule has 0 radical (unpaired) electrons. The van der Waals surface area contributed by atoms with Crippen molar-refractivity contribution >= 4 is 44.7 Å². The lowest BCUT2D eigenvalue weighted by Gasteiger charge is -2.07. The normalized spacial score (nSPS) is 12.4. The molecule has 1 atom stereocenters. The van der Waals surface area contributed by atoms with E-state index in [1.165, 1.54) is 11.3 Å². The van der Waals surface area contributed by atoms with Crippen molar-refractivity contribution in [2.75, 3.05) is 0 Å². The standard InChI is InChI=1S/C12H8BrClOS/c13-9-6-7-16-12(9)11(15)10(14)8-4-2-1-3-5-8/h1-7,10H. The van der Waals surface area contributed by atoms with Crippen molar-refractivity contribution in [3.63, 3.8) is 0 Å². The number of carbonyl (C=O) groups is 1. The van der Waals surface area contributed by atoms with Crippen molar-refractivity contribution in [1.29, 1.82) is 0 Å². The molecule has 1 heterocycles. The third-order valence-electron chi connectivity index (χ3n) is 2.16. The van der Waals surface area contributed by atoms with Gasteiger partial charge in [0.25, 0.3) is 0 Å². The summed E-state index contributed by atoms with van der Waals surface area (Å²) >= 11 is 10.9. The number of ketones is 1. The summed E-state index contributed by atoms with van der Waals surface area (Å²) in [6.45, 7) is 0. The van der Waals surface area contributed by atoms with Crippen LogP contribution in [0.3, 0.4) is 0 Å². The van der Waals surface area contributed by atoms with Gasteiger partial charge in [0.1, 0.15) is 5.38 Å². The van der Waals surface area contributed by atoms with Crippen molar-refractivity contribution in [3.8, 4) is 0 Å². The molecule has 16 heavy (non-hydrogen) atoms. The van der Waals surface area contributed by atoms with Gasteiger partial charge in [-0.15, -0.1) is 22.9 Å². The van der Waals surface area contributed by atoms with Crippen LogP contribution in [-0.4, -0.2) is 5.78 Å². The zero-order valence-electron chi connectivity index (χ0n) is 8.19. The largest absolute Gasteiger partial charge is 0.291 e. The summed E-state index contributed by atoms with van der Waals surface area (Å²) < 4.78 is 0.809. The van der Waals surface area contributed by atoms with Gasteiger partial charge in [-0.3, -0.25) is 4.79 Å². The lowest BCUT2D eigenvalue weighted by Crippen LogP contribution is -2.05. The Balaban J connectivity index is 2.27. The summed E-state index contributed by atoms with van der Waals surface area (Å²) in [5, 5.41) is 1.25. The van der Waals surface area contributed by atoms with Crippen LogP contribution in [-0.2, 0) is 0 Å². The summed E-state index contributed by atoms with van der Waals surface area (Å²) in [5.41, 5.74) is 0.828. The molecule has 1 unspecified atom stereocenters. The molecule has 1 aromatic heterocycles. The molecule has 0 spiro atoms. The van der Waals surface area contributed by atoms with E-state index in [0.717, 1.165) is 10.0 Å². The van der Waals surface area contributed by atoms with Crippen LogP contribution in [0.2, 0.25) is 0 Å². The van der Waals surface area contributed by atoms with Crippen molar-refractivity contribution < 1.29 is 4.79 Å². The predicted octanol–water partition coefficient (Wildman–Crippen LogP) is 4.67. The minimum absolute atomic E-state index is 0.0604. The van der Waals surface area contributed by atoms with Crippen LogP contribution < -0.4 is 0 Å². The smallest absolute Gasteiger partial charge is 0.196 e. The van der Waals surface area contributed by atoms with E-state index in [1.807, 2.05) is 41.8 Å². The number of halogens is 2. The highest BCUT2D eigenvalue weighted by Crippen LogP contribution is 2.31. The quantitative estimate of drug-likeness (QED) is 0.594. The first-order chi connectivity index (χ1) is 7.70. The van der Waals surface area contributed by atoms with Crippen LogP contribution >= 0.6 is 38.9 Å². The molecule has 0 bridgehead atoms. The average molecular weight is 316 g/mol. The second-order valence-corrected chi connectivity index (χ2v) is 5.44. The summed E-state index contributed by atoms with van der Waals surface area (Å²) in [6.07, 6.45) is 0. The Morgan fingerprint density at radius 2 is 1.94 bits per heavy atom. The van der Waals surface area contributed by atoms with Crippen LogP contribution in [0.4, 0.5) is 0 Å². The third-order valence-corrected chi connectivity index (χ3v) is 4.47. The van der Waals surface area contributed by atoms with Crippen molar-refractivity contribution in [1.82, 2.24) is 0 Å². The molecule has 82 valence electrons. The highest BCUT2D eigenvalue weighted by atomic mass is 79.9. The van der Waals surface area contributed by atoms with Gasteiger partial charge in [0.2, 0.25) is 0 Å². The lowest BCUT2D eigenvalue weighted by atomic mass is 10.1. The number of rotatable bonds is 3. The zero-order chi connectivity index (χ0) is 11.5. The van der Waals surface area contributed by atoms with E-state index in [4.69, 9.17) is 11.6 Å². The fourth-order valence-corrected chi connectivity index (χ4v) is 3.22.